The number of aliphatic carboxylic acids is 1. The first-order valence-corrected chi connectivity index (χ1v) is 7.72. The van der Waals surface area contributed by atoms with Crippen molar-refractivity contribution in [3.8, 4) is 5.75 Å². The molecule has 0 spiro atoms. The zero-order valence-corrected chi connectivity index (χ0v) is 13.8. The topological polar surface area (TPSA) is 66.4 Å². The quantitative estimate of drug-likeness (QED) is 0.578. The van der Waals surface area contributed by atoms with Gasteiger partial charge in [-0.15, -0.1) is 0 Å². The van der Waals surface area contributed by atoms with Crippen LogP contribution in [-0.2, 0) is 9.59 Å². The molecular weight excluding hydrogens is 358 g/mol. The van der Waals surface area contributed by atoms with E-state index >= 15 is 0 Å². The van der Waals surface area contributed by atoms with Gasteiger partial charge >= 0.3 is 5.97 Å². The molecule has 0 radical (unpaired) electrons. The van der Waals surface area contributed by atoms with Gasteiger partial charge in [-0.3, -0.25) is 4.79 Å². The van der Waals surface area contributed by atoms with Crippen LogP contribution in [0.15, 0.2) is 42.5 Å². The number of hydrogen-bond acceptors (Lipinski definition) is 4. The zero-order chi connectivity index (χ0) is 17.7. The molecule has 0 bridgehead atoms. The molecule has 0 heterocycles. The van der Waals surface area contributed by atoms with E-state index in [9.17, 15) is 19.1 Å². The number of hydrogen-bond donors (Lipinski definition) is 0. The molecule has 0 aliphatic heterocycles. The van der Waals surface area contributed by atoms with Crippen molar-refractivity contribution < 1.29 is 23.8 Å². The Labute approximate surface area is 147 Å². The maximum absolute atomic E-state index is 12.8. The average Bonchev–Trinajstić information content (AvgIpc) is 2.48. The van der Waals surface area contributed by atoms with Gasteiger partial charge in [0.2, 0.25) is 0 Å². The number of carbonyl (C=O) groups excluding carboxylic acids is 2. The summed E-state index contributed by atoms with van der Waals surface area (Å²) in [5, 5.41) is 11.6. The molecule has 2 aromatic rings. The summed E-state index contributed by atoms with van der Waals surface area (Å²) in [4.78, 5) is 23.0. The molecule has 1 atom stereocenters. The maximum Gasteiger partial charge on any atom is 0.311 e. The van der Waals surface area contributed by atoms with Crippen molar-refractivity contribution in [3.05, 3.63) is 63.9 Å². The van der Waals surface area contributed by atoms with Crippen molar-refractivity contribution in [3.63, 3.8) is 0 Å². The Balaban J connectivity index is 2.14. The van der Waals surface area contributed by atoms with Crippen LogP contribution >= 0.6 is 23.2 Å². The summed E-state index contributed by atoms with van der Waals surface area (Å²) >= 11 is 11.9. The van der Waals surface area contributed by atoms with Gasteiger partial charge in [-0.1, -0.05) is 29.3 Å². The summed E-state index contributed by atoms with van der Waals surface area (Å²) < 4.78 is 17.9. The Morgan fingerprint density at radius 1 is 1.08 bits per heavy atom. The van der Waals surface area contributed by atoms with E-state index in [1.165, 1.54) is 18.2 Å². The van der Waals surface area contributed by atoms with Gasteiger partial charge in [-0.05, 0) is 48.4 Å². The molecule has 4 nitrogen and oxygen atoms in total. The molecule has 0 unspecified atom stereocenters. The van der Waals surface area contributed by atoms with Gasteiger partial charge in [0.25, 0.3) is 0 Å². The van der Waals surface area contributed by atoms with E-state index in [0.717, 1.165) is 12.1 Å². The van der Waals surface area contributed by atoms with Crippen molar-refractivity contribution in [2.24, 2.45) is 0 Å². The summed E-state index contributed by atoms with van der Waals surface area (Å²) in [5.41, 5.74) is 0.460. The van der Waals surface area contributed by atoms with Crippen LogP contribution in [0.5, 0.6) is 5.75 Å². The summed E-state index contributed by atoms with van der Waals surface area (Å²) in [5.74, 6) is -3.01. The van der Waals surface area contributed by atoms with Gasteiger partial charge in [-0.25, -0.2) is 4.39 Å². The van der Waals surface area contributed by atoms with Crippen LogP contribution in [0.3, 0.4) is 0 Å². The standard InChI is InChI=1S/C17H13Cl2FO4/c18-11-1-6-14(15(19)9-11)10(7-16(21)22)8-17(23)24-13-4-2-12(20)3-5-13/h1-6,9-10H,7-8H2,(H,21,22)/p-1/t10-/m0/s1. The smallest absolute Gasteiger partial charge is 0.311 e. The second-order valence-corrected chi connectivity index (χ2v) is 5.91. The second kappa shape index (κ2) is 8.13. The van der Waals surface area contributed by atoms with Crippen LogP contribution in [0.2, 0.25) is 10.0 Å². The minimum Gasteiger partial charge on any atom is -0.550 e. The van der Waals surface area contributed by atoms with Crippen LogP contribution in [-0.4, -0.2) is 11.9 Å². The van der Waals surface area contributed by atoms with E-state index in [4.69, 9.17) is 27.9 Å². The lowest BCUT2D eigenvalue weighted by Crippen LogP contribution is -2.26. The molecular formula is C17H12Cl2FO4-. The van der Waals surface area contributed by atoms with Crippen LogP contribution in [0, 0.1) is 5.82 Å². The van der Waals surface area contributed by atoms with Crippen molar-refractivity contribution in [1.82, 2.24) is 0 Å². The van der Waals surface area contributed by atoms with Crippen LogP contribution in [0.4, 0.5) is 4.39 Å². The first kappa shape index (κ1) is 18.2. The Kier molecular flexibility index (Phi) is 6.17. The molecule has 2 aromatic carbocycles. The third-order valence-corrected chi connectivity index (χ3v) is 3.84. The number of benzene rings is 2. The van der Waals surface area contributed by atoms with E-state index < -0.39 is 30.1 Å². The monoisotopic (exact) mass is 369 g/mol. The molecule has 0 aliphatic carbocycles. The molecule has 2 rings (SSSR count). The van der Waals surface area contributed by atoms with Crippen molar-refractivity contribution >= 4 is 35.1 Å². The lowest BCUT2D eigenvalue weighted by molar-refractivity contribution is -0.306. The third kappa shape index (κ3) is 5.22. The first-order valence-electron chi connectivity index (χ1n) is 6.96. The molecule has 7 heteroatoms. The molecule has 0 saturated heterocycles. The van der Waals surface area contributed by atoms with Gasteiger partial charge in [0.05, 0.1) is 6.42 Å². The first-order chi connectivity index (χ1) is 11.3. The highest BCUT2D eigenvalue weighted by Crippen LogP contribution is 2.32. The van der Waals surface area contributed by atoms with E-state index in [-0.39, 0.29) is 17.2 Å². The maximum atomic E-state index is 12.8. The number of ether oxygens (including phenoxy) is 1. The van der Waals surface area contributed by atoms with Crippen LogP contribution in [0.25, 0.3) is 0 Å². The van der Waals surface area contributed by atoms with Crippen LogP contribution < -0.4 is 9.84 Å². The van der Waals surface area contributed by atoms with Gasteiger partial charge in [0.1, 0.15) is 11.6 Å². The molecule has 0 aromatic heterocycles. The van der Waals surface area contributed by atoms with Gasteiger partial charge in [0.15, 0.2) is 0 Å². The summed E-state index contributed by atoms with van der Waals surface area (Å²) in [6.07, 6.45) is -0.632. The largest absolute Gasteiger partial charge is 0.550 e. The molecule has 0 fully saturated rings. The number of rotatable bonds is 6. The van der Waals surface area contributed by atoms with E-state index in [1.54, 1.807) is 12.1 Å². The van der Waals surface area contributed by atoms with E-state index in [2.05, 4.69) is 0 Å². The highest BCUT2D eigenvalue weighted by Gasteiger charge is 2.20. The molecule has 0 aliphatic rings. The van der Waals surface area contributed by atoms with Gasteiger partial charge in [0, 0.05) is 21.9 Å². The van der Waals surface area contributed by atoms with Gasteiger partial charge < -0.3 is 14.6 Å². The number of carbonyl (C=O) groups is 2. The van der Waals surface area contributed by atoms with Crippen molar-refractivity contribution in [2.45, 2.75) is 18.8 Å². The second-order valence-electron chi connectivity index (χ2n) is 5.07. The fourth-order valence-corrected chi connectivity index (χ4v) is 2.77. The Bertz CT molecular complexity index is 747. The molecule has 0 amide bonds. The third-order valence-electron chi connectivity index (χ3n) is 3.27. The normalized spacial score (nSPS) is 11.8. The Morgan fingerprint density at radius 2 is 1.75 bits per heavy atom. The average molecular weight is 370 g/mol. The fraction of sp³-hybridized carbons (Fsp3) is 0.176. The summed E-state index contributed by atoms with van der Waals surface area (Å²) in [6, 6.07) is 9.48. The Morgan fingerprint density at radius 3 is 2.33 bits per heavy atom. The Hall–Kier alpha value is -2.11. The van der Waals surface area contributed by atoms with Crippen LogP contribution in [0.1, 0.15) is 24.3 Å². The summed E-state index contributed by atoms with van der Waals surface area (Å²) in [7, 11) is 0. The zero-order valence-electron chi connectivity index (χ0n) is 12.3. The van der Waals surface area contributed by atoms with Gasteiger partial charge in [-0.2, -0.15) is 0 Å². The minimum atomic E-state index is -1.32. The highest BCUT2D eigenvalue weighted by atomic mass is 35.5. The molecule has 0 N–H and O–H groups in total. The lowest BCUT2D eigenvalue weighted by Gasteiger charge is -2.18. The predicted molar refractivity (Wildman–Crippen MR) is 85.5 cm³/mol. The number of halogens is 3. The van der Waals surface area contributed by atoms with E-state index in [1.807, 2.05) is 0 Å². The molecule has 24 heavy (non-hydrogen) atoms. The lowest BCUT2D eigenvalue weighted by atomic mass is 9.92. The number of carboxylic acids is 1. The number of carboxylic acid groups (broad SMARTS) is 1. The van der Waals surface area contributed by atoms with Crippen molar-refractivity contribution in [1.29, 1.82) is 0 Å². The molecule has 126 valence electrons. The molecule has 0 saturated carbocycles. The summed E-state index contributed by atoms with van der Waals surface area (Å²) in [6.45, 7) is 0. The number of esters is 1. The SMILES string of the molecule is O=C([O-])C[C@@H](CC(=O)Oc1ccc(F)cc1)c1ccc(Cl)cc1Cl. The van der Waals surface area contributed by atoms with E-state index in [0.29, 0.717) is 10.6 Å². The fourth-order valence-electron chi connectivity index (χ4n) is 2.20. The highest BCUT2D eigenvalue weighted by molar-refractivity contribution is 6.35. The van der Waals surface area contributed by atoms with Crippen molar-refractivity contribution in [2.75, 3.05) is 0 Å². The minimum absolute atomic E-state index is 0.163. The predicted octanol–water partition coefficient (Wildman–Crippen LogP) is 3.35.